The number of pyridine rings is 1. The van der Waals surface area contributed by atoms with Gasteiger partial charge in [0.05, 0.1) is 12.1 Å². The van der Waals surface area contributed by atoms with Crippen LogP contribution in [0, 0.1) is 12.7 Å². The first kappa shape index (κ1) is 15.5. The molecular weight excluding hydrogens is 267 g/mol. The van der Waals surface area contributed by atoms with E-state index in [1.165, 1.54) is 6.07 Å². The zero-order valence-corrected chi connectivity index (χ0v) is 13.2. The van der Waals surface area contributed by atoms with Crippen LogP contribution in [-0.4, -0.2) is 18.1 Å². The molecule has 21 heavy (non-hydrogen) atoms. The number of hydrogen-bond donors (Lipinski definition) is 1. The number of halogens is 1. The third kappa shape index (κ3) is 3.09. The summed E-state index contributed by atoms with van der Waals surface area (Å²) in [5.74, 6) is -0.0702. The molecule has 0 bridgehead atoms. The standard InChI is InChI=1S/C17H23FN2O/c1-5-8-19-17-11(4)14(6-2)20-15-10-13(18)16(21-7-3)9-12(15)17/h9-10H,5-8H2,1-4H3,(H,19,20). The van der Waals surface area contributed by atoms with Gasteiger partial charge in [-0.2, -0.15) is 0 Å². The van der Waals surface area contributed by atoms with E-state index >= 15 is 0 Å². The molecule has 0 saturated heterocycles. The van der Waals surface area contributed by atoms with Crippen molar-refractivity contribution in [3.05, 3.63) is 29.2 Å². The number of hydrogen-bond acceptors (Lipinski definition) is 3. The monoisotopic (exact) mass is 290 g/mol. The minimum Gasteiger partial charge on any atom is -0.491 e. The molecule has 0 fully saturated rings. The molecule has 2 rings (SSSR count). The van der Waals surface area contributed by atoms with E-state index in [-0.39, 0.29) is 11.6 Å². The van der Waals surface area contributed by atoms with Crippen molar-refractivity contribution in [2.24, 2.45) is 0 Å². The third-order valence-corrected chi connectivity index (χ3v) is 3.57. The van der Waals surface area contributed by atoms with Crippen molar-refractivity contribution >= 4 is 16.6 Å². The lowest BCUT2D eigenvalue weighted by Gasteiger charge is -2.16. The van der Waals surface area contributed by atoms with E-state index in [0.29, 0.717) is 12.1 Å². The number of anilines is 1. The van der Waals surface area contributed by atoms with E-state index in [0.717, 1.165) is 41.7 Å². The topological polar surface area (TPSA) is 34.2 Å². The lowest BCUT2D eigenvalue weighted by molar-refractivity contribution is 0.322. The molecule has 0 unspecified atom stereocenters. The molecule has 1 heterocycles. The van der Waals surface area contributed by atoms with Crippen molar-refractivity contribution < 1.29 is 9.13 Å². The van der Waals surface area contributed by atoms with Crippen molar-refractivity contribution in [3.8, 4) is 5.75 Å². The number of rotatable bonds is 6. The zero-order valence-electron chi connectivity index (χ0n) is 13.2. The van der Waals surface area contributed by atoms with E-state index in [1.807, 2.05) is 6.92 Å². The van der Waals surface area contributed by atoms with Crippen molar-refractivity contribution in [1.82, 2.24) is 4.98 Å². The molecule has 1 aromatic heterocycles. The van der Waals surface area contributed by atoms with Gasteiger partial charge >= 0.3 is 0 Å². The molecule has 4 heteroatoms. The van der Waals surface area contributed by atoms with E-state index in [2.05, 4.69) is 31.1 Å². The first-order valence-corrected chi connectivity index (χ1v) is 7.61. The van der Waals surface area contributed by atoms with E-state index in [4.69, 9.17) is 4.74 Å². The van der Waals surface area contributed by atoms with Gasteiger partial charge in [-0.1, -0.05) is 13.8 Å². The predicted octanol–water partition coefficient (Wildman–Crippen LogP) is 4.47. The van der Waals surface area contributed by atoms with Crippen LogP contribution in [0.25, 0.3) is 10.9 Å². The molecule has 1 aromatic carbocycles. The summed E-state index contributed by atoms with van der Waals surface area (Å²) in [5.41, 5.74) is 3.86. The van der Waals surface area contributed by atoms with Crippen molar-refractivity contribution in [1.29, 1.82) is 0 Å². The Hall–Kier alpha value is -1.84. The lowest BCUT2D eigenvalue weighted by atomic mass is 10.0. The van der Waals surface area contributed by atoms with Gasteiger partial charge in [0.2, 0.25) is 0 Å². The number of aryl methyl sites for hydroxylation is 1. The maximum absolute atomic E-state index is 14.0. The summed E-state index contributed by atoms with van der Waals surface area (Å²) in [6.45, 7) is 9.42. The normalized spacial score (nSPS) is 10.9. The number of benzene rings is 1. The molecule has 0 radical (unpaired) electrons. The number of aromatic nitrogens is 1. The predicted molar refractivity (Wildman–Crippen MR) is 85.8 cm³/mol. The van der Waals surface area contributed by atoms with Gasteiger partial charge in [0.15, 0.2) is 11.6 Å². The lowest BCUT2D eigenvalue weighted by Crippen LogP contribution is -2.06. The van der Waals surface area contributed by atoms with Crippen LogP contribution in [-0.2, 0) is 6.42 Å². The Balaban J connectivity index is 2.67. The van der Waals surface area contributed by atoms with Crippen LogP contribution >= 0.6 is 0 Å². The second kappa shape index (κ2) is 6.74. The molecule has 0 amide bonds. The Kier molecular flexibility index (Phi) is 4.99. The van der Waals surface area contributed by atoms with Crippen LogP contribution < -0.4 is 10.1 Å². The van der Waals surface area contributed by atoms with Crippen LogP contribution in [0.3, 0.4) is 0 Å². The van der Waals surface area contributed by atoms with E-state index in [1.54, 1.807) is 6.07 Å². The maximum atomic E-state index is 14.0. The minimum atomic E-state index is -0.357. The fourth-order valence-electron chi connectivity index (χ4n) is 2.50. The minimum absolute atomic E-state index is 0.287. The largest absolute Gasteiger partial charge is 0.491 e. The highest BCUT2D eigenvalue weighted by molar-refractivity contribution is 5.94. The Morgan fingerprint density at radius 3 is 2.62 bits per heavy atom. The summed E-state index contributed by atoms with van der Waals surface area (Å²) < 4.78 is 19.4. The molecule has 0 aliphatic heterocycles. The van der Waals surface area contributed by atoms with Crippen molar-refractivity contribution in [2.45, 2.75) is 40.5 Å². The quantitative estimate of drug-likeness (QED) is 0.852. The van der Waals surface area contributed by atoms with Gasteiger partial charge in [0.25, 0.3) is 0 Å². The summed E-state index contributed by atoms with van der Waals surface area (Å²) in [6.07, 6.45) is 1.86. The maximum Gasteiger partial charge on any atom is 0.167 e. The van der Waals surface area contributed by atoms with Gasteiger partial charge in [-0.3, -0.25) is 4.98 Å². The molecular formula is C17H23FN2O. The van der Waals surface area contributed by atoms with Crippen molar-refractivity contribution in [2.75, 3.05) is 18.5 Å². The zero-order chi connectivity index (χ0) is 15.4. The molecule has 0 aliphatic rings. The highest BCUT2D eigenvalue weighted by Gasteiger charge is 2.14. The van der Waals surface area contributed by atoms with Gasteiger partial charge in [0, 0.05) is 29.4 Å². The summed E-state index contributed by atoms with van der Waals surface area (Å²) in [6, 6.07) is 3.22. The Morgan fingerprint density at radius 2 is 2.00 bits per heavy atom. The first-order chi connectivity index (χ1) is 10.1. The number of fused-ring (bicyclic) bond motifs is 1. The number of nitrogens with one attached hydrogen (secondary N) is 1. The van der Waals surface area contributed by atoms with Crippen molar-refractivity contribution in [3.63, 3.8) is 0 Å². The third-order valence-electron chi connectivity index (χ3n) is 3.57. The molecule has 0 atom stereocenters. The fourth-order valence-corrected chi connectivity index (χ4v) is 2.50. The van der Waals surface area contributed by atoms with E-state index in [9.17, 15) is 4.39 Å². The van der Waals surface area contributed by atoms with Gasteiger partial charge in [-0.05, 0) is 38.3 Å². The molecule has 114 valence electrons. The molecule has 0 spiro atoms. The number of nitrogens with zero attached hydrogens (tertiary/aromatic N) is 1. The summed E-state index contributed by atoms with van der Waals surface area (Å²) in [4.78, 5) is 4.59. The first-order valence-electron chi connectivity index (χ1n) is 7.61. The van der Waals surface area contributed by atoms with Gasteiger partial charge in [-0.15, -0.1) is 0 Å². The van der Waals surface area contributed by atoms with Gasteiger partial charge < -0.3 is 10.1 Å². The summed E-state index contributed by atoms with van der Waals surface area (Å²) in [5, 5.41) is 4.37. The molecule has 2 aromatic rings. The van der Waals surface area contributed by atoms with Gasteiger partial charge in [0.1, 0.15) is 0 Å². The Labute approximate surface area is 125 Å². The molecule has 3 nitrogen and oxygen atoms in total. The van der Waals surface area contributed by atoms with Crippen LogP contribution in [0.15, 0.2) is 12.1 Å². The summed E-state index contributed by atoms with van der Waals surface area (Å²) >= 11 is 0. The second-order valence-electron chi connectivity index (χ2n) is 5.07. The van der Waals surface area contributed by atoms with Gasteiger partial charge in [-0.25, -0.2) is 4.39 Å². The highest BCUT2D eigenvalue weighted by Crippen LogP contribution is 2.33. The van der Waals surface area contributed by atoms with Crippen LogP contribution in [0.4, 0.5) is 10.1 Å². The van der Waals surface area contributed by atoms with Crippen LogP contribution in [0.1, 0.15) is 38.4 Å². The average Bonchev–Trinajstić information content (AvgIpc) is 2.47. The van der Waals surface area contributed by atoms with Crippen LogP contribution in [0.2, 0.25) is 0 Å². The highest BCUT2D eigenvalue weighted by atomic mass is 19.1. The molecule has 0 saturated carbocycles. The SMILES string of the molecule is CCCNc1c(C)c(CC)nc2cc(F)c(OCC)cc12. The molecule has 0 aliphatic carbocycles. The molecule has 1 N–H and O–H groups in total. The van der Waals surface area contributed by atoms with Crippen LogP contribution in [0.5, 0.6) is 5.75 Å². The smallest absolute Gasteiger partial charge is 0.167 e. The second-order valence-corrected chi connectivity index (χ2v) is 5.07. The average molecular weight is 290 g/mol. The Morgan fingerprint density at radius 1 is 1.24 bits per heavy atom. The fraction of sp³-hybridized carbons (Fsp3) is 0.471. The summed E-state index contributed by atoms with van der Waals surface area (Å²) in [7, 11) is 0. The Bertz CT molecular complexity index is 640. The number of ether oxygens (including phenoxy) is 1. The van der Waals surface area contributed by atoms with E-state index < -0.39 is 0 Å².